The van der Waals surface area contributed by atoms with Crippen molar-refractivity contribution < 1.29 is 15.3 Å². The highest BCUT2D eigenvalue weighted by Crippen LogP contribution is 2.30. The maximum Gasteiger partial charge on any atom is 0.251 e. The first kappa shape index (κ1) is 23.0. The summed E-state index contributed by atoms with van der Waals surface area (Å²) in [7, 11) is 1.95. The molecule has 1 saturated carbocycles. The lowest BCUT2D eigenvalue weighted by atomic mass is 9.81. The average molecular weight is 475 g/mol. The molecule has 1 fully saturated rings. The summed E-state index contributed by atoms with van der Waals surface area (Å²) in [6, 6.07) is 6.89. The highest BCUT2D eigenvalue weighted by Gasteiger charge is 2.36. The SMILES string of the molecule is CN1CC2C=C(C(=[NH2+])c3cc(C(=O)N[C@@H]4CCC[C@](O)(Cn5cccn5)C4)ccc3N)C=CC2=N1. The molecule has 1 unspecified atom stereocenters. The summed E-state index contributed by atoms with van der Waals surface area (Å²) < 4.78 is 1.74. The predicted molar refractivity (Wildman–Crippen MR) is 135 cm³/mol. The Balaban J connectivity index is 1.28. The van der Waals surface area contributed by atoms with Gasteiger partial charge < -0.3 is 16.2 Å². The van der Waals surface area contributed by atoms with Crippen LogP contribution in [0.25, 0.3) is 0 Å². The molecular formula is C26H32N7O2+. The van der Waals surface area contributed by atoms with Crippen molar-refractivity contribution in [1.82, 2.24) is 20.1 Å². The van der Waals surface area contributed by atoms with Gasteiger partial charge in [-0.15, -0.1) is 0 Å². The van der Waals surface area contributed by atoms with Crippen LogP contribution in [0.1, 0.15) is 41.6 Å². The molecule has 2 aliphatic carbocycles. The number of aliphatic hydroxyl groups is 1. The minimum absolute atomic E-state index is 0.125. The predicted octanol–water partition coefficient (Wildman–Crippen LogP) is 0.531. The van der Waals surface area contributed by atoms with Crippen molar-refractivity contribution in [1.29, 1.82) is 0 Å². The van der Waals surface area contributed by atoms with E-state index in [-0.39, 0.29) is 17.9 Å². The Kier molecular flexibility index (Phi) is 6.02. The standard InChI is InChI=1S/C26H31N7O2/c1-32-15-19-12-17(6-8-23(19)31-32)24(28)21-13-18(5-7-22(21)27)25(34)30-20-4-2-9-26(35,14-20)16-33-11-3-10-29-33/h3,5-8,10-13,19-20,28,35H,2,4,9,14-16,27H2,1H3,(H,30,34)/p+1/t19?,20-,26-/m1/s1. The number of carbonyl (C=O) groups excluding carboxylic acids is 1. The second-order valence-corrected chi connectivity index (χ2v) is 9.84. The van der Waals surface area contributed by atoms with E-state index in [4.69, 9.17) is 11.1 Å². The van der Waals surface area contributed by atoms with Gasteiger partial charge in [-0.3, -0.25) is 19.9 Å². The maximum atomic E-state index is 13.1. The molecule has 1 aliphatic heterocycles. The monoisotopic (exact) mass is 474 g/mol. The first-order valence-electron chi connectivity index (χ1n) is 12.0. The molecule has 3 aliphatic rings. The molecule has 5 rings (SSSR count). The lowest BCUT2D eigenvalue weighted by molar-refractivity contribution is -0.111. The van der Waals surface area contributed by atoms with Crippen LogP contribution in [0.5, 0.6) is 0 Å². The summed E-state index contributed by atoms with van der Waals surface area (Å²) >= 11 is 0. The van der Waals surface area contributed by atoms with Gasteiger partial charge in [0.15, 0.2) is 0 Å². The zero-order chi connectivity index (χ0) is 24.6. The van der Waals surface area contributed by atoms with E-state index in [2.05, 4.69) is 21.6 Å². The molecule has 2 heterocycles. The van der Waals surface area contributed by atoms with Crippen LogP contribution in [0, 0.1) is 5.92 Å². The highest BCUT2D eigenvalue weighted by molar-refractivity contribution is 6.16. The van der Waals surface area contributed by atoms with E-state index in [0.29, 0.717) is 41.9 Å². The van der Waals surface area contributed by atoms with Crippen molar-refractivity contribution in [3.05, 3.63) is 71.6 Å². The minimum atomic E-state index is -0.900. The lowest BCUT2D eigenvalue weighted by Gasteiger charge is -2.37. The zero-order valence-corrected chi connectivity index (χ0v) is 19.9. The van der Waals surface area contributed by atoms with Crippen LogP contribution < -0.4 is 16.5 Å². The molecule has 2 aromatic rings. The van der Waals surface area contributed by atoms with Gasteiger partial charge in [0.25, 0.3) is 5.91 Å². The molecule has 0 bridgehead atoms. The average Bonchev–Trinajstić information content (AvgIpc) is 3.46. The number of nitrogens with one attached hydrogen (secondary N) is 1. The number of carbonyl (C=O) groups is 1. The largest absolute Gasteiger partial charge is 0.398 e. The molecule has 182 valence electrons. The number of rotatable bonds is 6. The number of hydrazone groups is 1. The van der Waals surface area contributed by atoms with Gasteiger partial charge in [-0.1, -0.05) is 6.08 Å². The summed E-state index contributed by atoms with van der Waals surface area (Å²) in [5.74, 6) is -0.00885. The molecule has 0 saturated heterocycles. The second-order valence-electron chi connectivity index (χ2n) is 9.84. The first-order chi connectivity index (χ1) is 16.8. The first-order valence-corrected chi connectivity index (χ1v) is 12.0. The molecule has 0 spiro atoms. The van der Waals surface area contributed by atoms with Crippen LogP contribution >= 0.6 is 0 Å². The number of nitrogens with two attached hydrogens (primary N) is 2. The van der Waals surface area contributed by atoms with E-state index in [0.717, 1.165) is 30.7 Å². The summed E-state index contributed by atoms with van der Waals surface area (Å²) in [4.78, 5) is 13.1. The fourth-order valence-corrected chi connectivity index (χ4v) is 5.27. The van der Waals surface area contributed by atoms with Crippen LogP contribution in [0.2, 0.25) is 0 Å². The van der Waals surface area contributed by atoms with Crippen molar-refractivity contribution in [3.63, 3.8) is 0 Å². The van der Waals surface area contributed by atoms with Crippen LogP contribution in [0.15, 0.2) is 65.6 Å². The van der Waals surface area contributed by atoms with Gasteiger partial charge >= 0.3 is 0 Å². The molecule has 1 amide bonds. The van der Waals surface area contributed by atoms with Crippen molar-refractivity contribution in [2.75, 3.05) is 19.3 Å². The number of fused-ring (bicyclic) bond motifs is 1. The van der Waals surface area contributed by atoms with E-state index in [1.54, 1.807) is 29.1 Å². The number of amides is 1. The Hall–Kier alpha value is -3.72. The third-order valence-electron chi connectivity index (χ3n) is 7.03. The number of benzene rings is 1. The quantitative estimate of drug-likeness (QED) is 0.358. The third kappa shape index (κ3) is 4.90. The molecule has 35 heavy (non-hydrogen) atoms. The second kappa shape index (κ2) is 9.14. The van der Waals surface area contributed by atoms with Crippen LogP contribution in [-0.2, 0) is 6.54 Å². The Morgan fingerprint density at radius 2 is 2.23 bits per heavy atom. The van der Waals surface area contributed by atoms with E-state index < -0.39 is 5.60 Å². The number of anilines is 1. The smallest absolute Gasteiger partial charge is 0.251 e. The fourth-order valence-electron chi connectivity index (χ4n) is 5.27. The Morgan fingerprint density at radius 1 is 1.37 bits per heavy atom. The molecule has 1 aromatic carbocycles. The van der Waals surface area contributed by atoms with Crippen molar-refractivity contribution in [2.24, 2.45) is 11.0 Å². The molecular weight excluding hydrogens is 442 g/mol. The third-order valence-corrected chi connectivity index (χ3v) is 7.03. The van der Waals surface area contributed by atoms with Gasteiger partial charge in [0.1, 0.15) is 0 Å². The molecule has 1 aromatic heterocycles. The van der Waals surface area contributed by atoms with Crippen LogP contribution in [0.4, 0.5) is 5.69 Å². The van der Waals surface area contributed by atoms with Gasteiger partial charge in [-0.2, -0.15) is 10.2 Å². The number of hydrogen-bond acceptors (Lipinski definition) is 6. The fraction of sp³-hybridized carbons (Fsp3) is 0.385. The van der Waals surface area contributed by atoms with Gasteiger partial charge in [0.2, 0.25) is 5.71 Å². The maximum absolute atomic E-state index is 13.1. The van der Waals surface area contributed by atoms with E-state index in [1.807, 2.05) is 36.5 Å². The van der Waals surface area contributed by atoms with E-state index in [1.165, 1.54) is 0 Å². The van der Waals surface area contributed by atoms with Gasteiger partial charge in [-0.05, 0) is 62.1 Å². The highest BCUT2D eigenvalue weighted by atomic mass is 16.3. The number of aromatic nitrogens is 2. The topological polar surface area (TPSA) is 134 Å². The molecule has 6 N–H and O–H groups in total. The normalized spacial score (nSPS) is 25.6. The van der Waals surface area contributed by atoms with Gasteiger partial charge in [0.05, 0.1) is 23.4 Å². The lowest BCUT2D eigenvalue weighted by Crippen LogP contribution is -2.47. The Bertz CT molecular complexity index is 1230. The summed E-state index contributed by atoms with van der Waals surface area (Å²) in [5, 5.41) is 31.3. The number of allylic oxidation sites excluding steroid dienone is 3. The van der Waals surface area contributed by atoms with Crippen LogP contribution in [-0.4, -0.2) is 62.5 Å². The number of nitrogen functional groups attached to an aromatic ring is 1. The molecule has 3 atom stereocenters. The minimum Gasteiger partial charge on any atom is -0.398 e. The number of hydrogen-bond donors (Lipinski definition) is 4. The molecule has 0 radical (unpaired) electrons. The van der Waals surface area contributed by atoms with E-state index in [9.17, 15) is 9.90 Å². The summed E-state index contributed by atoms with van der Waals surface area (Å²) in [5.41, 5.74) is 9.43. The van der Waals surface area contributed by atoms with Crippen molar-refractivity contribution in [3.8, 4) is 0 Å². The Labute approximate surface area is 204 Å². The van der Waals surface area contributed by atoms with Crippen LogP contribution in [0.3, 0.4) is 0 Å². The van der Waals surface area contributed by atoms with Gasteiger partial charge in [0, 0.05) is 54.8 Å². The zero-order valence-electron chi connectivity index (χ0n) is 19.9. The summed E-state index contributed by atoms with van der Waals surface area (Å²) in [6.07, 6.45) is 12.4. The summed E-state index contributed by atoms with van der Waals surface area (Å²) in [6.45, 7) is 1.22. The van der Waals surface area contributed by atoms with E-state index >= 15 is 0 Å². The molecule has 9 nitrogen and oxygen atoms in total. The van der Waals surface area contributed by atoms with Gasteiger partial charge in [-0.25, -0.2) is 0 Å². The van der Waals surface area contributed by atoms with Crippen molar-refractivity contribution >= 4 is 23.0 Å². The van der Waals surface area contributed by atoms with Crippen molar-refractivity contribution in [2.45, 2.75) is 43.9 Å². The molecule has 9 heteroatoms. The number of nitrogens with zero attached hydrogens (tertiary/aromatic N) is 4. The Morgan fingerprint density at radius 3 is 3.03 bits per heavy atom.